The summed E-state index contributed by atoms with van der Waals surface area (Å²) in [5.74, 6) is 2.24. The predicted octanol–water partition coefficient (Wildman–Crippen LogP) is 4.86. The second kappa shape index (κ2) is 8.59. The fraction of sp³-hybridized carbons (Fsp3) is 0.417. The van der Waals surface area contributed by atoms with Gasteiger partial charge in [0, 0.05) is 43.1 Å². The van der Waals surface area contributed by atoms with Crippen LogP contribution in [-0.4, -0.2) is 51.4 Å². The Hall–Kier alpha value is -3.11. The smallest absolute Gasteiger partial charge is 0.224 e. The number of nitrogens with one attached hydrogen (secondary N) is 3. The molecule has 0 saturated carbocycles. The van der Waals surface area contributed by atoms with E-state index >= 15 is 0 Å². The van der Waals surface area contributed by atoms with Gasteiger partial charge in [-0.2, -0.15) is 5.10 Å². The van der Waals surface area contributed by atoms with Gasteiger partial charge >= 0.3 is 0 Å². The van der Waals surface area contributed by atoms with Crippen LogP contribution in [0.2, 0.25) is 0 Å². The Bertz CT molecular complexity index is 1210. The third-order valence-corrected chi connectivity index (χ3v) is 7.35. The molecular weight excluding hydrogens is 450 g/mol. The topological polar surface area (TPSA) is 108 Å². The van der Waals surface area contributed by atoms with E-state index < -0.39 is 0 Å². The summed E-state index contributed by atoms with van der Waals surface area (Å²) in [6, 6.07) is 11.6. The van der Waals surface area contributed by atoms with Gasteiger partial charge in [-0.3, -0.25) is 9.89 Å². The van der Waals surface area contributed by atoms with E-state index in [0.29, 0.717) is 23.2 Å². The van der Waals surface area contributed by atoms with E-state index in [2.05, 4.69) is 39.6 Å². The van der Waals surface area contributed by atoms with Crippen LogP contribution < -0.4 is 15.5 Å². The molecule has 0 aliphatic carbocycles. The monoisotopic (exact) mass is 483 g/mol. The molecule has 182 valence electrons. The van der Waals surface area contributed by atoms with E-state index in [1.165, 1.54) is 11.8 Å². The van der Waals surface area contributed by atoms with E-state index in [1.54, 1.807) is 0 Å². The van der Waals surface area contributed by atoms with Crippen LogP contribution in [-0.2, 0) is 9.53 Å². The molecule has 34 heavy (non-hydrogen) atoms. The Kier molecular flexibility index (Phi) is 5.73. The molecule has 1 spiro atoms. The van der Waals surface area contributed by atoms with Crippen LogP contribution in [0.1, 0.15) is 35.7 Å². The predicted molar refractivity (Wildman–Crippen MR) is 137 cm³/mol. The van der Waals surface area contributed by atoms with Gasteiger partial charge in [-0.25, -0.2) is 9.97 Å². The van der Waals surface area contributed by atoms with Crippen LogP contribution in [0, 0.1) is 12.3 Å². The molecule has 9 nitrogen and oxygen atoms in total. The first-order chi connectivity index (χ1) is 16.2. The summed E-state index contributed by atoms with van der Waals surface area (Å²) in [5, 5.41) is 14.0. The number of anilines is 4. The van der Waals surface area contributed by atoms with E-state index in [-0.39, 0.29) is 19.8 Å². The quantitative estimate of drug-likeness (QED) is 0.409. The molecule has 10 heteroatoms. The lowest BCUT2D eigenvalue weighted by atomic mass is 9.66. The highest BCUT2D eigenvalue weighted by Gasteiger charge is 2.61. The highest BCUT2D eigenvalue weighted by Crippen LogP contribution is 2.50. The molecule has 4 heterocycles. The number of carbonyl (C=O) groups excluding carboxylic acids is 1. The number of hydrogen-bond acceptors (Lipinski definition) is 8. The van der Waals surface area contributed by atoms with Crippen LogP contribution in [0.15, 0.2) is 46.5 Å². The summed E-state index contributed by atoms with van der Waals surface area (Å²) in [5.41, 5.74) is 1.83. The van der Waals surface area contributed by atoms with Crippen molar-refractivity contribution in [2.24, 2.45) is 5.41 Å². The summed E-state index contributed by atoms with van der Waals surface area (Å²) in [7, 11) is 0. The molecule has 0 unspecified atom stereocenters. The number of ether oxygens (including phenoxy) is 1. The fourth-order valence-electron chi connectivity index (χ4n) is 4.08. The van der Waals surface area contributed by atoms with E-state index in [9.17, 15) is 4.79 Å². The molecule has 2 aromatic heterocycles. The van der Waals surface area contributed by atoms with E-state index in [1.807, 2.05) is 50.2 Å². The number of benzene rings is 1. The maximum absolute atomic E-state index is 11.6. The number of aromatic amines is 1. The van der Waals surface area contributed by atoms with Crippen molar-refractivity contribution in [3.63, 3.8) is 0 Å². The Morgan fingerprint density at radius 1 is 1.21 bits per heavy atom. The van der Waals surface area contributed by atoms with Gasteiger partial charge in [-0.1, -0.05) is 20.8 Å². The SMILES string of the molecule is CCC(=O)Nc1ccc(Sc2nc(Nc3cc(C)[nH]n3)cc(N3CC4(C3)OCC4(C)C)n2)cc1.[HH].[HH]. The third-order valence-electron chi connectivity index (χ3n) is 6.48. The minimum absolute atomic E-state index is 0. The molecule has 0 bridgehead atoms. The minimum atomic E-state index is -0.0864. The molecule has 5 rings (SSSR count). The third kappa shape index (κ3) is 4.35. The van der Waals surface area contributed by atoms with Gasteiger partial charge in [-0.15, -0.1) is 0 Å². The lowest BCUT2D eigenvalue weighted by molar-refractivity contribution is -0.262. The standard InChI is InChI=1S/C24H29N7O2S.2H2/c1-5-21(32)25-16-6-8-17(9-7-16)34-22-27-18(26-19-10-15(2)29-30-19)11-20(28-22)31-12-24(13-31)23(3,4)14-33-24;;/h6-11H,5,12-14H2,1-4H3,(H,25,32)(H2,26,27,28,29,30);2*1H. The average Bonchev–Trinajstić information content (AvgIpc) is 3.17. The number of nitrogens with zero attached hydrogens (tertiary/aromatic N) is 4. The first-order valence-corrected chi connectivity index (χ1v) is 12.2. The maximum Gasteiger partial charge on any atom is 0.224 e. The van der Waals surface area contributed by atoms with Crippen molar-refractivity contribution in [1.29, 1.82) is 0 Å². The van der Waals surface area contributed by atoms with Crippen LogP contribution in [0.4, 0.5) is 23.1 Å². The Labute approximate surface area is 206 Å². The van der Waals surface area contributed by atoms with Crippen molar-refractivity contribution >= 4 is 40.8 Å². The molecule has 2 fully saturated rings. The molecule has 2 aliphatic heterocycles. The molecule has 3 aromatic rings. The zero-order valence-electron chi connectivity index (χ0n) is 19.8. The van der Waals surface area contributed by atoms with E-state index in [4.69, 9.17) is 14.7 Å². The van der Waals surface area contributed by atoms with Crippen molar-refractivity contribution in [2.75, 3.05) is 35.2 Å². The van der Waals surface area contributed by atoms with Gasteiger partial charge in [0.1, 0.15) is 17.2 Å². The highest BCUT2D eigenvalue weighted by atomic mass is 32.2. The average molecular weight is 484 g/mol. The number of rotatable bonds is 7. The van der Waals surface area contributed by atoms with Crippen LogP contribution >= 0.6 is 11.8 Å². The summed E-state index contributed by atoms with van der Waals surface area (Å²) in [6.45, 7) is 10.7. The molecular formula is C24H33N7O2S. The second-order valence-electron chi connectivity index (χ2n) is 9.51. The number of carbonyl (C=O) groups is 1. The second-order valence-corrected chi connectivity index (χ2v) is 10.5. The largest absolute Gasteiger partial charge is 0.370 e. The maximum atomic E-state index is 11.6. The molecule has 2 saturated heterocycles. The molecule has 1 amide bonds. The van der Waals surface area contributed by atoms with Gasteiger partial charge in [0.15, 0.2) is 11.0 Å². The molecule has 0 radical (unpaired) electrons. The minimum Gasteiger partial charge on any atom is -0.370 e. The van der Waals surface area contributed by atoms with Gasteiger partial charge in [-0.05, 0) is 43.0 Å². The Morgan fingerprint density at radius 3 is 2.56 bits per heavy atom. The van der Waals surface area contributed by atoms with Gasteiger partial charge in [0.2, 0.25) is 5.91 Å². The van der Waals surface area contributed by atoms with Crippen LogP contribution in [0.5, 0.6) is 0 Å². The van der Waals surface area contributed by atoms with Crippen molar-refractivity contribution < 1.29 is 12.4 Å². The molecule has 0 atom stereocenters. The Morgan fingerprint density at radius 2 is 1.97 bits per heavy atom. The number of amides is 1. The number of aromatic nitrogens is 4. The van der Waals surface area contributed by atoms with Crippen LogP contribution in [0.3, 0.4) is 0 Å². The summed E-state index contributed by atoms with van der Waals surface area (Å²) >= 11 is 1.48. The van der Waals surface area contributed by atoms with E-state index in [0.717, 1.165) is 41.8 Å². The van der Waals surface area contributed by atoms with Crippen molar-refractivity contribution in [2.45, 2.75) is 49.8 Å². The van der Waals surface area contributed by atoms with Crippen molar-refractivity contribution in [1.82, 2.24) is 20.2 Å². The molecule has 1 aromatic carbocycles. The zero-order valence-corrected chi connectivity index (χ0v) is 20.6. The fourth-order valence-corrected chi connectivity index (χ4v) is 4.84. The molecule has 2 aliphatic rings. The zero-order chi connectivity index (χ0) is 23.9. The summed E-state index contributed by atoms with van der Waals surface area (Å²) in [4.78, 5) is 24.4. The Balaban J connectivity index is 0.00000180. The van der Waals surface area contributed by atoms with Gasteiger partial charge < -0.3 is 20.3 Å². The number of hydrogen-bond donors (Lipinski definition) is 3. The van der Waals surface area contributed by atoms with Crippen LogP contribution in [0.25, 0.3) is 0 Å². The van der Waals surface area contributed by atoms with Gasteiger partial charge in [0.25, 0.3) is 0 Å². The number of aryl methyl sites for hydroxylation is 1. The first-order valence-electron chi connectivity index (χ1n) is 11.4. The first kappa shape index (κ1) is 22.7. The lowest BCUT2D eigenvalue weighted by Crippen LogP contribution is -2.77. The number of H-pyrrole nitrogens is 1. The van der Waals surface area contributed by atoms with Crippen molar-refractivity contribution in [3.8, 4) is 0 Å². The van der Waals surface area contributed by atoms with Gasteiger partial charge in [0.05, 0.1) is 19.7 Å². The highest BCUT2D eigenvalue weighted by molar-refractivity contribution is 7.99. The molecule has 3 N–H and O–H groups in total. The normalized spacial score (nSPS) is 17.7. The van der Waals surface area contributed by atoms with Crippen molar-refractivity contribution in [3.05, 3.63) is 42.1 Å². The summed E-state index contributed by atoms with van der Waals surface area (Å²) in [6.07, 6.45) is 0.447. The summed E-state index contributed by atoms with van der Waals surface area (Å²) < 4.78 is 5.97. The lowest BCUT2D eigenvalue weighted by Gasteiger charge is -2.64.